The number of rotatable bonds is 5. The van der Waals surface area contributed by atoms with Crippen molar-refractivity contribution in [3.8, 4) is 11.6 Å². The normalized spacial score (nSPS) is 12.1. The Labute approximate surface area is 150 Å². The van der Waals surface area contributed by atoms with E-state index in [9.17, 15) is 0 Å². The summed E-state index contributed by atoms with van der Waals surface area (Å²) < 4.78 is 6.92. The highest BCUT2D eigenvalue weighted by molar-refractivity contribution is 5.87. The van der Waals surface area contributed by atoms with Crippen LogP contribution in [0.2, 0.25) is 0 Å². The largest absolute Gasteiger partial charge is 0.497 e. The molecule has 0 amide bonds. The maximum atomic E-state index is 5.21. The Hall–Kier alpha value is -3.48. The highest BCUT2D eigenvalue weighted by Crippen LogP contribution is 2.25. The van der Waals surface area contributed by atoms with Gasteiger partial charge in [-0.15, -0.1) is 0 Å². The lowest BCUT2D eigenvalue weighted by Crippen LogP contribution is -2.08. The van der Waals surface area contributed by atoms with E-state index in [1.807, 2.05) is 42.5 Å². The Balaban J connectivity index is 1.65. The third-order valence-electron chi connectivity index (χ3n) is 4.20. The Morgan fingerprint density at radius 2 is 1.88 bits per heavy atom. The third-order valence-corrected chi connectivity index (χ3v) is 4.20. The molecule has 7 nitrogen and oxygen atoms in total. The lowest BCUT2D eigenvalue weighted by Gasteiger charge is -2.15. The molecule has 7 heteroatoms. The van der Waals surface area contributed by atoms with Gasteiger partial charge in [0.15, 0.2) is 11.5 Å². The fourth-order valence-corrected chi connectivity index (χ4v) is 2.79. The van der Waals surface area contributed by atoms with Crippen molar-refractivity contribution in [2.24, 2.45) is 0 Å². The van der Waals surface area contributed by atoms with E-state index in [1.54, 1.807) is 24.2 Å². The van der Waals surface area contributed by atoms with Gasteiger partial charge in [-0.05, 0) is 36.8 Å². The summed E-state index contributed by atoms with van der Waals surface area (Å²) >= 11 is 0. The summed E-state index contributed by atoms with van der Waals surface area (Å²) in [5.41, 5.74) is 1.85. The fraction of sp³-hybridized carbons (Fsp3) is 0.158. The number of hydrogen-bond acceptors (Lipinski definition) is 6. The predicted molar refractivity (Wildman–Crippen MR) is 99.5 cm³/mol. The van der Waals surface area contributed by atoms with Crippen LogP contribution < -0.4 is 10.1 Å². The van der Waals surface area contributed by atoms with E-state index in [1.165, 1.54) is 6.33 Å². The van der Waals surface area contributed by atoms with E-state index in [2.05, 4.69) is 32.3 Å². The van der Waals surface area contributed by atoms with Crippen molar-refractivity contribution in [1.29, 1.82) is 0 Å². The molecule has 0 radical (unpaired) electrons. The highest BCUT2D eigenvalue weighted by atomic mass is 16.5. The molecule has 0 aliphatic rings. The monoisotopic (exact) mass is 346 g/mol. The summed E-state index contributed by atoms with van der Waals surface area (Å²) in [6.07, 6.45) is 5.02. The number of nitrogens with one attached hydrogen (secondary N) is 1. The van der Waals surface area contributed by atoms with Gasteiger partial charge in [-0.25, -0.2) is 15.0 Å². The van der Waals surface area contributed by atoms with Crippen LogP contribution in [0.15, 0.2) is 61.2 Å². The zero-order chi connectivity index (χ0) is 17.9. The number of pyridine rings is 1. The first-order valence-electron chi connectivity index (χ1n) is 8.27. The molecule has 0 saturated heterocycles. The zero-order valence-electron chi connectivity index (χ0n) is 14.5. The van der Waals surface area contributed by atoms with Gasteiger partial charge in [-0.3, -0.25) is 0 Å². The molecule has 4 rings (SSSR count). The molecule has 3 heterocycles. The minimum Gasteiger partial charge on any atom is -0.497 e. The van der Waals surface area contributed by atoms with Gasteiger partial charge < -0.3 is 10.1 Å². The van der Waals surface area contributed by atoms with Crippen molar-refractivity contribution >= 4 is 16.9 Å². The van der Waals surface area contributed by atoms with Crippen LogP contribution in [0.4, 0.5) is 5.82 Å². The van der Waals surface area contributed by atoms with E-state index >= 15 is 0 Å². The summed E-state index contributed by atoms with van der Waals surface area (Å²) in [6.45, 7) is 2.08. The zero-order valence-corrected chi connectivity index (χ0v) is 14.5. The second-order valence-electron chi connectivity index (χ2n) is 5.84. The van der Waals surface area contributed by atoms with Crippen molar-refractivity contribution < 1.29 is 4.74 Å². The lowest BCUT2D eigenvalue weighted by molar-refractivity contribution is 0.414. The Bertz CT molecular complexity index is 1010. The van der Waals surface area contributed by atoms with Crippen LogP contribution in [0.5, 0.6) is 5.75 Å². The maximum absolute atomic E-state index is 5.21. The molecule has 4 aromatic rings. The van der Waals surface area contributed by atoms with Crippen molar-refractivity contribution in [1.82, 2.24) is 24.7 Å². The summed E-state index contributed by atoms with van der Waals surface area (Å²) in [4.78, 5) is 13.1. The Kier molecular flexibility index (Phi) is 4.18. The summed E-state index contributed by atoms with van der Waals surface area (Å²) in [6, 6.07) is 13.7. The molecule has 1 aromatic carbocycles. The van der Waals surface area contributed by atoms with Gasteiger partial charge in [0.1, 0.15) is 17.9 Å². The van der Waals surface area contributed by atoms with Crippen LogP contribution in [-0.4, -0.2) is 31.8 Å². The smallest absolute Gasteiger partial charge is 0.170 e. The van der Waals surface area contributed by atoms with Crippen molar-refractivity contribution in [3.63, 3.8) is 0 Å². The molecule has 0 fully saturated rings. The second kappa shape index (κ2) is 6.79. The van der Waals surface area contributed by atoms with Crippen LogP contribution in [0.1, 0.15) is 18.5 Å². The SMILES string of the molecule is COc1ccc([C@H](C)Nc2ncnc3c2cnn3-c2ccccn2)cc1. The average molecular weight is 346 g/mol. The number of hydrogen-bond donors (Lipinski definition) is 1. The van der Waals surface area contributed by atoms with Crippen LogP contribution in [0.25, 0.3) is 16.9 Å². The molecule has 0 bridgehead atoms. The predicted octanol–water partition coefficient (Wildman–Crippen LogP) is 3.39. The second-order valence-corrected chi connectivity index (χ2v) is 5.84. The number of aromatic nitrogens is 5. The van der Waals surface area contributed by atoms with Gasteiger partial charge in [0.05, 0.1) is 18.7 Å². The van der Waals surface area contributed by atoms with E-state index in [-0.39, 0.29) is 6.04 Å². The molecule has 0 spiro atoms. The van der Waals surface area contributed by atoms with Crippen LogP contribution >= 0.6 is 0 Å². The molecule has 1 N–H and O–H groups in total. The number of nitrogens with zero attached hydrogens (tertiary/aromatic N) is 5. The van der Waals surface area contributed by atoms with Gasteiger partial charge in [0, 0.05) is 12.2 Å². The first-order valence-corrected chi connectivity index (χ1v) is 8.27. The molecule has 0 unspecified atom stereocenters. The van der Waals surface area contributed by atoms with Crippen molar-refractivity contribution in [2.45, 2.75) is 13.0 Å². The molecule has 0 aliphatic carbocycles. The minimum atomic E-state index is 0.0669. The molecular formula is C19H18N6O. The van der Waals surface area contributed by atoms with Crippen molar-refractivity contribution in [3.05, 3.63) is 66.7 Å². The first kappa shape index (κ1) is 16.0. The van der Waals surface area contributed by atoms with E-state index in [0.29, 0.717) is 5.65 Å². The molecule has 3 aromatic heterocycles. The summed E-state index contributed by atoms with van der Waals surface area (Å²) in [7, 11) is 1.66. The van der Waals surface area contributed by atoms with E-state index in [0.717, 1.165) is 28.3 Å². The van der Waals surface area contributed by atoms with E-state index in [4.69, 9.17) is 4.74 Å². The Morgan fingerprint density at radius 1 is 1.04 bits per heavy atom. The first-order chi connectivity index (χ1) is 12.8. The van der Waals surface area contributed by atoms with Crippen LogP contribution in [-0.2, 0) is 0 Å². The molecule has 1 atom stereocenters. The maximum Gasteiger partial charge on any atom is 0.170 e. The summed E-state index contributed by atoms with van der Waals surface area (Å²) in [5.74, 6) is 2.29. The van der Waals surface area contributed by atoms with E-state index < -0.39 is 0 Å². The number of methoxy groups -OCH3 is 1. The van der Waals surface area contributed by atoms with Gasteiger partial charge in [-0.2, -0.15) is 9.78 Å². The van der Waals surface area contributed by atoms with Crippen LogP contribution in [0.3, 0.4) is 0 Å². The fourth-order valence-electron chi connectivity index (χ4n) is 2.79. The van der Waals surface area contributed by atoms with Gasteiger partial charge in [0.25, 0.3) is 0 Å². The van der Waals surface area contributed by atoms with Gasteiger partial charge >= 0.3 is 0 Å². The molecule has 0 aliphatic heterocycles. The topological polar surface area (TPSA) is 77.8 Å². The number of ether oxygens (including phenoxy) is 1. The van der Waals surface area contributed by atoms with Crippen molar-refractivity contribution in [2.75, 3.05) is 12.4 Å². The Morgan fingerprint density at radius 3 is 2.62 bits per heavy atom. The van der Waals surface area contributed by atoms with Crippen LogP contribution in [0, 0.1) is 0 Å². The number of fused-ring (bicyclic) bond motifs is 1. The summed E-state index contributed by atoms with van der Waals surface area (Å²) in [5, 5.41) is 8.71. The lowest BCUT2D eigenvalue weighted by atomic mass is 10.1. The third kappa shape index (κ3) is 2.95. The number of anilines is 1. The quantitative estimate of drug-likeness (QED) is 0.597. The molecular weight excluding hydrogens is 328 g/mol. The average Bonchev–Trinajstić information content (AvgIpc) is 3.14. The molecule has 26 heavy (non-hydrogen) atoms. The molecule has 0 saturated carbocycles. The molecule has 130 valence electrons. The standard InChI is InChI=1S/C19H18N6O/c1-13(14-6-8-15(26-2)9-7-14)24-18-16-11-23-25(19(16)22-12-21-18)17-5-3-4-10-20-17/h3-13H,1-2H3,(H,21,22,24)/t13-/m0/s1. The number of benzene rings is 1. The highest BCUT2D eigenvalue weighted by Gasteiger charge is 2.14. The van der Waals surface area contributed by atoms with Gasteiger partial charge in [-0.1, -0.05) is 18.2 Å². The minimum absolute atomic E-state index is 0.0669. The van der Waals surface area contributed by atoms with Gasteiger partial charge in [0.2, 0.25) is 0 Å².